The van der Waals surface area contributed by atoms with E-state index >= 15 is 0 Å². The fourth-order valence-electron chi connectivity index (χ4n) is 1.77. The summed E-state index contributed by atoms with van der Waals surface area (Å²) in [7, 11) is 3.34. The second-order valence-electron chi connectivity index (χ2n) is 4.73. The summed E-state index contributed by atoms with van der Waals surface area (Å²) in [5, 5.41) is 16.9. The maximum absolute atomic E-state index is 10.6. The number of nitrogens with zero attached hydrogens (tertiary/aromatic N) is 2. The first-order chi connectivity index (χ1) is 11.2. The Hall–Kier alpha value is -1.46. The molecule has 0 aromatic heterocycles. The average molecular weight is 452 g/mol. The van der Waals surface area contributed by atoms with E-state index in [2.05, 4.69) is 15.6 Å². The summed E-state index contributed by atoms with van der Waals surface area (Å²) < 4.78 is 10.3. The minimum Gasteiger partial charge on any atom is -0.382 e. The number of nitrogens with one attached hydrogen (secondary N) is 2. The molecular weight excluding hydrogens is 427 g/mol. The quantitative estimate of drug-likeness (QED) is 0.141. The molecule has 9 heteroatoms. The van der Waals surface area contributed by atoms with Gasteiger partial charge in [0.2, 0.25) is 0 Å². The van der Waals surface area contributed by atoms with Crippen molar-refractivity contribution in [2.24, 2.45) is 4.99 Å². The van der Waals surface area contributed by atoms with Crippen LogP contribution >= 0.6 is 24.0 Å². The summed E-state index contributed by atoms with van der Waals surface area (Å²) in [5.74, 6) is 0.681. The molecule has 1 aromatic carbocycles. The lowest BCUT2D eigenvalue weighted by atomic mass is 10.2. The minimum atomic E-state index is -0.410. The molecular formula is C15H25IN4O4. The number of hydrogen-bond acceptors (Lipinski definition) is 5. The summed E-state index contributed by atoms with van der Waals surface area (Å²) >= 11 is 0. The van der Waals surface area contributed by atoms with Crippen molar-refractivity contribution < 1.29 is 14.4 Å². The SMILES string of the molecule is CN=C(NCCCOCCOC)NCc1ccc([N+](=O)[O-])cc1.I. The highest BCUT2D eigenvalue weighted by Crippen LogP contribution is 2.11. The van der Waals surface area contributed by atoms with Crippen molar-refractivity contribution in [2.45, 2.75) is 13.0 Å². The first-order valence-electron chi connectivity index (χ1n) is 7.42. The molecule has 8 nitrogen and oxygen atoms in total. The van der Waals surface area contributed by atoms with E-state index in [1.165, 1.54) is 12.1 Å². The van der Waals surface area contributed by atoms with Gasteiger partial charge in [0.25, 0.3) is 5.69 Å². The van der Waals surface area contributed by atoms with E-state index in [-0.39, 0.29) is 29.7 Å². The standard InChI is InChI=1S/C15H24N4O4.HI/c1-16-15(17-8-3-9-23-11-10-22-2)18-12-13-4-6-14(7-5-13)19(20)21;/h4-7H,3,8-12H2,1-2H3,(H2,16,17,18);1H. The number of benzene rings is 1. The van der Waals surface area contributed by atoms with E-state index in [0.717, 1.165) is 18.5 Å². The number of rotatable bonds is 10. The molecule has 2 N–H and O–H groups in total. The van der Waals surface area contributed by atoms with Gasteiger partial charge in [0.1, 0.15) is 0 Å². The molecule has 136 valence electrons. The molecule has 1 aromatic rings. The molecule has 0 amide bonds. The van der Waals surface area contributed by atoms with E-state index in [1.54, 1.807) is 26.3 Å². The van der Waals surface area contributed by atoms with Crippen molar-refractivity contribution in [3.8, 4) is 0 Å². The van der Waals surface area contributed by atoms with Gasteiger partial charge >= 0.3 is 0 Å². The normalized spacial score (nSPS) is 10.8. The van der Waals surface area contributed by atoms with Crippen LogP contribution in [0.15, 0.2) is 29.3 Å². The highest BCUT2D eigenvalue weighted by molar-refractivity contribution is 14.0. The predicted octanol–water partition coefficient (Wildman–Crippen LogP) is 1.93. The number of ether oxygens (including phenoxy) is 2. The molecule has 0 bridgehead atoms. The van der Waals surface area contributed by atoms with Crippen LogP contribution in [0.5, 0.6) is 0 Å². The Kier molecular flexibility index (Phi) is 13.1. The number of aliphatic imine (C=N–C) groups is 1. The smallest absolute Gasteiger partial charge is 0.269 e. The lowest BCUT2D eigenvalue weighted by Crippen LogP contribution is -2.37. The molecule has 0 spiro atoms. The zero-order valence-corrected chi connectivity index (χ0v) is 16.3. The molecule has 0 fully saturated rings. The Labute approximate surface area is 159 Å². The van der Waals surface area contributed by atoms with Gasteiger partial charge in [-0.05, 0) is 12.0 Å². The molecule has 0 atom stereocenters. The largest absolute Gasteiger partial charge is 0.382 e. The highest BCUT2D eigenvalue weighted by atomic mass is 127. The van der Waals surface area contributed by atoms with E-state index in [0.29, 0.717) is 32.3 Å². The lowest BCUT2D eigenvalue weighted by molar-refractivity contribution is -0.384. The third kappa shape index (κ3) is 9.63. The van der Waals surface area contributed by atoms with Crippen molar-refractivity contribution in [2.75, 3.05) is 40.5 Å². The summed E-state index contributed by atoms with van der Waals surface area (Å²) in [4.78, 5) is 14.3. The lowest BCUT2D eigenvalue weighted by Gasteiger charge is -2.12. The van der Waals surface area contributed by atoms with Crippen LogP contribution in [0, 0.1) is 10.1 Å². The summed E-state index contributed by atoms with van der Waals surface area (Å²) in [6.07, 6.45) is 0.863. The third-order valence-corrected chi connectivity index (χ3v) is 3.02. The molecule has 0 saturated heterocycles. The molecule has 0 unspecified atom stereocenters. The number of non-ortho nitro benzene ring substituents is 1. The maximum Gasteiger partial charge on any atom is 0.269 e. The Morgan fingerprint density at radius 2 is 1.92 bits per heavy atom. The van der Waals surface area contributed by atoms with Crippen molar-refractivity contribution in [1.82, 2.24) is 10.6 Å². The van der Waals surface area contributed by atoms with Gasteiger partial charge in [0.05, 0.1) is 18.1 Å². The fraction of sp³-hybridized carbons (Fsp3) is 0.533. The van der Waals surface area contributed by atoms with Crippen LogP contribution in [-0.2, 0) is 16.0 Å². The van der Waals surface area contributed by atoms with Crippen LogP contribution in [-0.4, -0.2) is 51.4 Å². The van der Waals surface area contributed by atoms with Gasteiger partial charge in [-0.1, -0.05) is 12.1 Å². The van der Waals surface area contributed by atoms with Crippen LogP contribution in [0.2, 0.25) is 0 Å². The van der Waals surface area contributed by atoms with E-state index in [4.69, 9.17) is 9.47 Å². The van der Waals surface area contributed by atoms with Crippen molar-refractivity contribution >= 4 is 35.6 Å². The predicted molar refractivity (Wildman–Crippen MR) is 104 cm³/mol. The second kappa shape index (κ2) is 13.9. The van der Waals surface area contributed by atoms with Crippen LogP contribution in [0.1, 0.15) is 12.0 Å². The van der Waals surface area contributed by atoms with E-state index in [9.17, 15) is 10.1 Å². The number of hydrogen-bond donors (Lipinski definition) is 2. The molecule has 24 heavy (non-hydrogen) atoms. The molecule has 0 aliphatic carbocycles. The fourth-order valence-corrected chi connectivity index (χ4v) is 1.77. The zero-order chi connectivity index (χ0) is 16.9. The molecule has 0 radical (unpaired) electrons. The van der Waals surface area contributed by atoms with Crippen LogP contribution in [0.4, 0.5) is 5.69 Å². The monoisotopic (exact) mass is 452 g/mol. The van der Waals surface area contributed by atoms with Crippen molar-refractivity contribution in [3.63, 3.8) is 0 Å². The summed E-state index contributed by atoms with van der Waals surface area (Å²) in [5.41, 5.74) is 1.03. The van der Waals surface area contributed by atoms with E-state index < -0.39 is 4.92 Å². The third-order valence-electron chi connectivity index (χ3n) is 3.02. The molecule has 1 rings (SSSR count). The number of nitro benzene ring substituents is 1. The van der Waals surface area contributed by atoms with Gasteiger partial charge < -0.3 is 20.1 Å². The average Bonchev–Trinajstić information content (AvgIpc) is 2.57. The molecule has 0 aliphatic rings. The van der Waals surface area contributed by atoms with Crippen molar-refractivity contribution in [1.29, 1.82) is 0 Å². The van der Waals surface area contributed by atoms with Gasteiger partial charge in [-0.3, -0.25) is 15.1 Å². The zero-order valence-electron chi connectivity index (χ0n) is 14.0. The molecule has 0 saturated carbocycles. The van der Waals surface area contributed by atoms with Gasteiger partial charge in [-0.2, -0.15) is 0 Å². The molecule has 0 aliphatic heterocycles. The number of guanidine groups is 1. The van der Waals surface area contributed by atoms with Crippen LogP contribution in [0.3, 0.4) is 0 Å². The van der Waals surface area contributed by atoms with Gasteiger partial charge in [-0.25, -0.2) is 0 Å². The Morgan fingerprint density at radius 3 is 2.50 bits per heavy atom. The summed E-state index contributed by atoms with van der Waals surface area (Å²) in [6, 6.07) is 6.43. The van der Waals surface area contributed by atoms with Crippen molar-refractivity contribution in [3.05, 3.63) is 39.9 Å². The summed E-state index contributed by atoms with van der Waals surface area (Å²) in [6.45, 7) is 3.15. The number of nitro groups is 1. The minimum absolute atomic E-state index is 0. The van der Waals surface area contributed by atoms with Gasteiger partial charge in [-0.15, -0.1) is 24.0 Å². The van der Waals surface area contributed by atoms with Gasteiger partial charge in [0.15, 0.2) is 5.96 Å². The maximum atomic E-state index is 10.6. The first-order valence-corrected chi connectivity index (χ1v) is 7.42. The Balaban J connectivity index is 0.00000529. The number of methoxy groups -OCH3 is 1. The highest BCUT2D eigenvalue weighted by Gasteiger charge is 2.04. The second-order valence-corrected chi connectivity index (χ2v) is 4.73. The number of halogens is 1. The van der Waals surface area contributed by atoms with Crippen LogP contribution in [0.25, 0.3) is 0 Å². The van der Waals surface area contributed by atoms with E-state index in [1.807, 2.05) is 0 Å². The Morgan fingerprint density at radius 1 is 1.21 bits per heavy atom. The Bertz CT molecular complexity index is 497. The topological polar surface area (TPSA) is 98.0 Å². The van der Waals surface area contributed by atoms with Gasteiger partial charge in [0, 0.05) is 46.0 Å². The van der Waals surface area contributed by atoms with Crippen LogP contribution < -0.4 is 10.6 Å². The molecule has 0 heterocycles. The first kappa shape index (κ1) is 22.5.